The molecule has 0 spiro atoms. The number of hydrogen-bond donors (Lipinski definition) is 2. The minimum absolute atomic E-state index is 0.0753. The number of nitrogens with one attached hydrogen (secondary N) is 2. The van der Waals surface area contributed by atoms with Crippen molar-refractivity contribution in [2.45, 2.75) is 38.5 Å². The van der Waals surface area contributed by atoms with Crippen LogP contribution >= 0.6 is 11.8 Å². The second-order valence-corrected chi connectivity index (χ2v) is 8.44. The minimum atomic E-state index is -0.414. The predicted molar refractivity (Wildman–Crippen MR) is 123 cm³/mol. The third-order valence-electron chi connectivity index (χ3n) is 4.77. The van der Waals surface area contributed by atoms with Crippen LogP contribution in [0.15, 0.2) is 59.8 Å². The van der Waals surface area contributed by atoms with Crippen molar-refractivity contribution in [3.63, 3.8) is 0 Å². The van der Waals surface area contributed by atoms with Gasteiger partial charge in [0.25, 0.3) is 5.91 Å². The van der Waals surface area contributed by atoms with E-state index in [1.54, 1.807) is 18.2 Å². The molecule has 0 aliphatic carbocycles. The molecule has 32 heavy (non-hydrogen) atoms. The van der Waals surface area contributed by atoms with Crippen molar-refractivity contribution < 1.29 is 14.0 Å². The first kappa shape index (κ1) is 23.5. The lowest BCUT2D eigenvalue weighted by Crippen LogP contribution is -2.33. The molecule has 2 aromatic carbocycles. The number of carbonyl (C=O) groups is 2. The van der Waals surface area contributed by atoms with E-state index < -0.39 is 5.82 Å². The third kappa shape index (κ3) is 5.94. The number of benzene rings is 2. The predicted octanol–water partition coefficient (Wildman–Crippen LogP) is 4.30. The molecule has 2 amide bonds. The maximum atomic E-state index is 13.3. The van der Waals surface area contributed by atoms with Gasteiger partial charge in [-0.2, -0.15) is 0 Å². The summed E-state index contributed by atoms with van der Waals surface area (Å²) >= 11 is 1.24. The molecule has 1 aromatic heterocycles. The Kier molecular flexibility index (Phi) is 7.99. The van der Waals surface area contributed by atoms with Gasteiger partial charge >= 0.3 is 0 Å². The summed E-state index contributed by atoms with van der Waals surface area (Å²) in [4.78, 5) is 25.0. The number of thioether (sulfide) groups is 1. The van der Waals surface area contributed by atoms with Crippen molar-refractivity contribution in [2.24, 2.45) is 5.92 Å². The average Bonchev–Trinajstić information content (AvgIpc) is 3.18. The van der Waals surface area contributed by atoms with Crippen LogP contribution in [-0.2, 0) is 11.3 Å². The highest BCUT2D eigenvalue weighted by molar-refractivity contribution is 7.99. The van der Waals surface area contributed by atoms with E-state index in [2.05, 4.69) is 20.8 Å². The molecule has 3 rings (SSSR count). The van der Waals surface area contributed by atoms with Gasteiger partial charge in [-0.1, -0.05) is 49.9 Å². The third-order valence-corrected chi connectivity index (χ3v) is 5.74. The molecule has 0 saturated heterocycles. The Morgan fingerprint density at radius 2 is 1.84 bits per heavy atom. The van der Waals surface area contributed by atoms with Gasteiger partial charge < -0.3 is 15.2 Å². The molecule has 168 valence electrons. The first-order valence-corrected chi connectivity index (χ1v) is 11.3. The first-order chi connectivity index (χ1) is 15.4. The summed E-state index contributed by atoms with van der Waals surface area (Å²) in [5.74, 6) is -0.0596. The van der Waals surface area contributed by atoms with Crippen molar-refractivity contribution in [1.29, 1.82) is 0 Å². The molecule has 0 aliphatic rings. The van der Waals surface area contributed by atoms with Gasteiger partial charge in [0.15, 0.2) is 11.0 Å². The van der Waals surface area contributed by atoms with Crippen molar-refractivity contribution in [3.8, 4) is 0 Å². The molecule has 0 fully saturated rings. The van der Waals surface area contributed by atoms with Crippen LogP contribution in [-0.4, -0.2) is 32.3 Å². The smallest absolute Gasteiger partial charge is 0.251 e. The Balaban J connectivity index is 1.70. The summed E-state index contributed by atoms with van der Waals surface area (Å²) in [5, 5.41) is 14.9. The fourth-order valence-corrected chi connectivity index (χ4v) is 3.98. The summed E-state index contributed by atoms with van der Waals surface area (Å²) in [6.45, 7) is 6.55. The number of aromatic nitrogens is 3. The van der Waals surface area contributed by atoms with Gasteiger partial charge in [-0.15, -0.1) is 10.2 Å². The molecule has 0 radical (unpaired) electrons. The quantitative estimate of drug-likeness (QED) is 0.470. The molecule has 2 N–H and O–H groups in total. The monoisotopic (exact) mass is 455 g/mol. The fourth-order valence-electron chi connectivity index (χ4n) is 3.17. The molecule has 1 atom stereocenters. The number of carbonyl (C=O) groups excluding carboxylic acids is 2. The normalized spacial score (nSPS) is 11.9. The van der Waals surface area contributed by atoms with E-state index in [1.807, 2.05) is 43.5 Å². The van der Waals surface area contributed by atoms with E-state index in [9.17, 15) is 14.0 Å². The first-order valence-electron chi connectivity index (χ1n) is 10.4. The standard InChI is InChI=1S/C23H26FN5O2S/c1-4-29-21(20(15(2)3)26-22(31)16-9-6-5-7-10-16)27-28-23(29)32-14-19(30)25-18-12-8-11-17(24)13-18/h5-13,15,20H,4,14H2,1-3H3,(H,25,30)(H,26,31)/t20-/m1/s1. The van der Waals surface area contributed by atoms with E-state index in [-0.39, 0.29) is 29.5 Å². The van der Waals surface area contributed by atoms with Crippen molar-refractivity contribution in [1.82, 2.24) is 20.1 Å². The molecular weight excluding hydrogens is 429 g/mol. The molecule has 9 heteroatoms. The summed E-state index contributed by atoms with van der Waals surface area (Å²) in [6.07, 6.45) is 0. The Hall–Kier alpha value is -3.20. The summed E-state index contributed by atoms with van der Waals surface area (Å²) < 4.78 is 15.2. The molecule has 7 nitrogen and oxygen atoms in total. The second-order valence-electron chi connectivity index (χ2n) is 7.49. The van der Waals surface area contributed by atoms with Gasteiger partial charge in [0, 0.05) is 17.8 Å². The van der Waals surface area contributed by atoms with Crippen LogP contribution < -0.4 is 10.6 Å². The van der Waals surface area contributed by atoms with Crippen molar-refractivity contribution in [2.75, 3.05) is 11.1 Å². The van der Waals surface area contributed by atoms with E-state index in [0.29, 0.717) is 28.8 Å². The number of anilines is 1. The van der Waals surface area contributed by atoms with E-state index in [4.69, 9.17) is 0 Å². The SMILES string of the molecule is CCn1c(SCC(=O)Nc2cccc(F)c2)nnc1[C@H](NC(=O)c1ccccc1)C(C)C. The zero-order valence-corrected chi connectivity index (χ0v) is 19.0. The summed E-state index contributed by atoms with van der Waals surface area (Å²) in [6, 6.07) is 14.4. The van der Waals surface area contributed by atoms with E-state index in [1.165, 1.54) is 30.0 Å². The number of halogens is 1. The fraction of sp³-hybridized carbons (Fsp3) is 0.304. The van der Waals surface area contributed by atoms with Gasteiger partial charge in [-0.05, 0) is 43.2 Å². The molecule has 0 saturated carbocycles. The van der Waals surface area contributed by atoms with Crippen molar-refractivity contribution in [3.05, 3.63) is 71.8 Å². The zero-order chi connectivity index (χ0) is 23.1. The van der Waals surface area contributed by atoms with Crippen LogP contribution in [0, 0.1) is 11.7 Å². The van der Waals surface area contributed by atoms with E-state index >= 15 is 0 Å². The van der Waals surface area contributed by atoms with Crippen LogP contribution in [0.4, 0.5) is 10.1 Å². The van der Waals surface area contributed by atoms with Gasteiger partial charge in [0.05, 0.1) is 11.8 Å². The van der Waals surface area contributed by atoms with Gasteiger partial charge in [0.1, 0.15) is 5.82 Å². The van der Waals surface area contributed by atoms with Crippen LogP contribution in [0.1, 0.15) is 43.0 Å². The highest BCUT2D eigenvalue weighted by Gasteiger charge is 2.26. The van der Waals surface area contributed by atoms with Crippen molar-refractivity contribution >= 4 is 29.3 Å². The summed E-state index contributed by atoms with van der Waals surface area (Å²) in [7, 11) is 0. The molecule has 1 heterocycles. The molecular formula is C23H26FN5O2S. The zero-order valence-electron chi connectivity index (χ0n) is 18.2. The topological polar surface area (TPSA) is 88.9 Å². The molecule has 0 bridgehead atoms. The highest BCUT2D eigenvalue weighted by Crippen LogP contribution is 2.25. The maximum Gasteiger partial charge on any atom is 0.251 e. The maximum absolute atomic E-state index is 13.3. The average molecular weight is 456 g/mol. The lowest BCUT2D eigenvalue weighted by molar-refractivity contribution is -0.113. The number of nitrogens with zero attached hydrogens (tertiary/aromatic N) is 3. The van der Waals surface area contributed by atoms with Crippen LogP contribution in [0.2, 0.25) is 0 Å². The Labute approximate surface area is 190 Å². The Morgan fingerprint density at radius 1 is 1.09 bits per heavy atom. The second kappa shape index (κ2) is 10.9. The van der Waals surface area contributed by atoms with Gasteiger partial charge in [-0.3, -0.25) is 9.59 Å². The van der Waals surface area contributed by atoms with Gasteiger partial charge in [-0.25, -0.2) is 4.39 Å². The highest BCUT2D eigenvalue weighted by atomic mass is 32.2. The molecule has 0 unspecified atom stereocenters. The molecule has 0 aliphatic heterocycles. The molecule has 3 aromatic rings. The minimum Gasteiger partial charge on any atom is -0.342 e. The van der Waals surface area contributed by atoms with Crippen LogP contribution in [0.5, 0.6) is 0 Å². The lowest BCUT2D eigenvalue weighted by atomic mass is 10.0. The number of hydrogen-bond acceptors (Lipinski definition) is 5. The van der Waals surface area contributed by atoms with Crippen LogP contribution in [0.3, 0.4) is 0 Å². The largest absolute Gasteiger partial charge is 0.342 e. The lowest BCUT2D eigenvalue weighted by Gasteiger charge is -2.22. The van der Waals surface area contributed by atoms with Crippen LogP contribution in [0.25, 0.3) is 0 Å². The van der Waals surface area contributed by atoms with Gasteiger partial charge in [0.2, 0.25) is 5.91 Å². The Bertz CT molecular complexity index is 1070. The summed E-state index contributed by atoms with van der Waals surface area (Å²) in [5.41, 5.74) is 0.973. The Morgan fingerprint density at radius 3 is 2.50 bits per heavy atom. The van der Waals surface area contributed by atoms with E-state index in [0.717, 1.165) is 0 Å². The number of rotatable bonds is 9. The number of amides is 2.